The normalized spacial score (nSPS) is 14.1. The van der Waals surface area contributed by atoms with Gasteiger partial charge in [0, 0.05) is 17.8 Å². The minimum Gasteiger partial charge on any atom is -0.480 e. The van der Waals surface area contributed by atoms with Gasteiger partial charge in [0.25, 0.3) is 0 Å². The third-order valence-electron chi connectivity index (χ3n) is 6.20. The first-order valence-electron chi connectivity index (χ1n) is 10.7. The SMILES string of the molecule is Cc1c(Cc2ccccc2S(=O)(=O)c2ccccc2)c2c(n1CC(=O)O)CCCCC2. The number of carboxylic acid groups (broad SMARTS) is 1. The van der Waals surface area contributed by atoms with Gasteiger partial charge in [-0.15, -0.1) is 0 Å². The molecule has 0 spiro atoms. The predicted octanol–water partition coefficient (Wildman–Crippen LogP) is 4.57. The average molecular weight is 438 g/mol. The molecule has 1 aliphatic rings. The van der Waals surface area contributed by atoms with Crippen molar-refractivity contribution in [1.29, 1.82) is 0 Å². The van der Waals surface area contributed by atoms with Crippen molar-refractivity contribution in [3.05, 3.63) is 82.7 Å². The Morgan fingerprint density at radius 1 is 0.968 bits per heavy atom. The summed E-state index contributed by atoms with van der Waals surface area (Å²) in [6, 6.07) is 15.6. The lowest BCUT2D eigenvalue weighted by atomic mass is 9.98. The van der Waals surface area contributed by atoms with Gasteiger partial charge >= 0.3 is 5.97 Å². The number of carboxylic acids is 1. The molecule has 0 unspecified atom stereocenters. The van der Waals surface area contributed by atoms with Crippen LogP contribution in [0.2, 0.25) is 0 Å². The number of hydrogen-bond donors (Lipinski definition) is 1. The molecule has 0 fully saturated rings. The molecule has 0 atom stereocenters. The molecule has 162 valence electrons. The van der Waals surface area contributed by atoms with Gasteiger partial charge < -0.3 is 9.67 Å². The number of benzene rings is 2. The lowest BCUT2D eigenvalue weighted by molar-refractivity contribution is -0.137. The standard InChI is InChI=1S/C25H27NO4S/c1-18-22(21-13-6-3-7-14-23(21)26(18)17-25(27)28)16-19-10-8-9-15-24(19)31(29,30)20-11-4-2-5-12-20/h2,4-5,8-12,15H,3,6-7,13-14,16-17H2,1H3,(H,27,28). The van der Waals surface area contributed by atoms with Gasteiger partial charge in [-0.1, -0.05) is 42.8 Å². The largest absolute Gasteiger partial charge is 0.480 e. The van der Waals surface area contributed by atoms with E-state index in [1.54, 1.807) is 42.5 Å². The molecule has 0 saturated heterocycles. The number of carbonyl (C=O) groups is 1. The minimum atomic E-state index is -3.64. The maximum absolute atomic E-state index is 13.3. The fraction of sp³-hybridized carbons (Fsp3) is 0.320. The fourth-order valence-electron chi connectivity index (χ4n) is 4.69. The van der Waals surface area contributed by atoms with E-state index in [9.17, 15) is 18.3 Å². The number of aromatic nitrogens is 1. The molecule has 1 N–H and O–H groups in total. The molecule has 0 aliphatic heterocycles. The van der Waals surface area contributed by atoms with E-state index in [1.165, 1.54) is 5.56 Å². The van der Waals surface area contributed by atoms with Gasteiger partial charge in [0.2, 0.25) is 9.84 Å². The number of fused-ring (bicyclic) bond motifs is 1. The van der Waals surface area contributed by atoms with Gasteiger partial charge in [-0.3, -0.25) is 4.79 Å². The number of aliphatic carboxylic acids is 1. The van der Waals surface area contributed by atoms with E-state index in [0.29, 0.717) is 11.3 Å². The Morgan fingerprint density at radius 3 is 2.39 bits per heavy atom. The quantitative estimate of drug-likeness (QED) is 0.573. The summed E-state index contributed by atoms with van der Waals surface area (Å²) in [5.41, 5.74) is 5.07. The second-order valence-corrected chi connectivity index (χ2v) is 10.0. The fourth-order valence-corrected chi connectivity index (χ4v) is 6.20. The monoisotopic (exact) mass is 437 g/mol. The van der Waals surface area contributed by atoms with Crippen LogP contribution in [0.1, 0.15) is 47.3 Å². The minimum absolute atomic E-state index is 0.0574. The van der Waals surface area contributed by atoms with Crippen LogP contribution < -0.4 is 0 Å². The van der Waals surface area contributed by atoms with Crippen molar-refractivity contribution in [1.82, 2.24) is 4.57 Å². The molecule has 5 nitrogen and oxygen atoms in total. The first kappa shape index (κ1) is 21.4. The predicted molar refractivity (Wildman–Crippen MR) is 119 cm³/mol. The lowest BCUT2D eigenvalue weighted by Crippen LogP contribution is -2.13. The van der Waals surface area contributed by atoms with Crippen molar-refractivity contribution < 1.29 is 18.3 Å². The maximum Gasteiger partial charge on any atom is 0.323 e. The Morgan fingerprint density at radius 2 is 1.65 bits per heavy atom. The van der Waals surface area contributed by atoms with Crippen LogP contribution >= 0.6 is 0 Å². The Labute approximate surface area is 183 Å². The summed E-state index contributed by atoms with van der Waals surface area (Å²) < 4.78 is 28.6. The first-order chi connectivity index (χ1) is 14.9. The van der Waals surface area contributed by atoms with Gasteiger partial charge in [0.15, 0.2) is 0 Å². The van der Waals surface area contributed by atoms with Gasteiger partial charge in [-0.2, -0.15) is 0 Å². The molecule has 0 radical (unpaired) electrons. The van der Waals surface area contributed by atoms with Crippen molar-refractivity contribution in [3.8, 4) is 0 Å². The zero-order valence-corrected chi connectivity index (χ0v) is 18.5. The molecule has 2 aromatic carbocycles. The van der Waals surface area contributed by atoms with Crippen molar-refractivity contribution in [2.75, 3.05) is 0 Å². The van der Waals surface area contributed by atoms with Crippen LogP contribution in [0.3, 0.4) is 0 Å². The summed E-state index contributed by atoms with van der Waals surface area (Å²) in [5, 5.41) is 9.44. The van der Waals surface area contributed by atoms with Crippen LogP contribution in [0, 0.1) is 6.92 Å². The summed E-state index contributed by atoms with van der Waals surface area (Å²) in [6.07, 6.45) is 5.50. The molecule has 4 rings (SSSR count). The molecule has 6 heteroatoms. The highest BCUT2D eigenvalue weighted by molar-refractivity contribution is 7.91. The molecular formula is C25H27NO4S. The molecule has 0 amide bonds. The van der Waals surface area contributed by atoms with Crippen molar-refractivity contribution in [2.45, 2.75) is 61.8 Å². The Balaban J connectivity index is 1.81. The molecule has 0 bridgehead atoms. The second-order valence-electron chi connectivity index (χ2n) is 8.13. The summed E-state index contributed by atoms with van der Waals surface area (Å²) in [6.45, 7) is 1.90. The van der Waals surface area contributed by atoms with Gasteiger partial charge in [-0.05, 0) is 67.5 Å². The zero-order valence-electron chi connectivity index (χ0n) is 17.7. The third-order valence-corrected chi connectivity index (χ3v) is 8.07. The molecule has 1 heterocycles. The molecular weight excluding hydrogens is 410 g/mol. The van der Waals surface area contributed by atoms with Crippen molar-refractivity contribution in [3.63, 3.8) is 0 Å². The number of nitrogens with zero attached hydrogens (tertiary/aromatic N) is 1. The topological polar surface area (TPSA) is 76.4 Å². The number of hydrogen-bond acceptors (Lipinski definition) is 3. The average Bonchev–Trinajstić information content (AvgIpc) is 2.92. The van der Waals surface area contributed by atoms with E-state index in [0.717, 1.165) is 54.6 Å². The maximum atomic E-state index is 13.3. The van der Waals surface area contributed by atoms with E-state index >= 15 is 0 Å². The highest BCUT2D eigenvalue weighted by Crippen LogP contribution is 2.33. The van der Waals surface area contributed by atoms with E-state index in [4.69, 9.17) is 0 Å². The van der Waals surface area contributed by atoms with Gasteiger partial charge in [0.05, 0.1) is 9.79 Å². The summed E-state index contributed by atoms with van der Waals surface area (Å²) in [5.74, 6) is -0.858. The first-order valence-corrected chi connectivity index (χ1v) is 12.2. The van der Waals surface area contributed by atoms with Crippen LogP contribution in [0.25, 0.3) is 0 Å². The van der Waals surface area contributed by atoms with E-state index in [2.05, 4.69) is 0 Å². The number of rotatable bonds is 6. The third kappa shape index (κ3) is 4.17. The van der Waals surface area contributed by atoms with Crippen LogP contribution in [0.5, 0.6) is 0 Å². The summed E-state index contributed by atoms with van der Waals surface area (Å²) in [4.78, 5) is 12.1. The molecule has 3 aromatic rings. The van der Waals surface area contributed by atoms with E-state index < -0.39 is 15.8 Å². The summed E-state index contributed by atoms with van der Waals surface area (Å²) in [7, 11) is -3.64. The Bertz CT molecular complexity index is 1210. The molecule has 1 aromatic heterocycles. The van der Waals surface area contributed by atoms with Gasteiger partial charge in [-0.25, -0.2) is 8.42 Å². The molecule has 31 heavy (non-hydrogen) atoms. The van der Waals surface area contributed by atoms with Crippen LogP contribution in [-0.2, 0) is 40.4 Å². The number of sulfone groups is 1. The molecule has 0 saturated carbocycles. The zero-order chi connectivity index (χ0) is 22.0. The highest BCUT2D eigenvalue weighted by atomic mass is 32.2. The smallest absolute Gasteiger partial charge is 0.323 e. The Kier molecular flexibility index (Phi) is 6.01. The lowest BCUT2D eigenvalue weighted by Gasteiger charge is -2.12. The highest BCUT2D eigenvalue weighted by Gasteiger charge is 2.26. The van der Waals surface area contributed by atoms with E-state index in [1.807, 2.05) is 23.6 Å². The van der Waals surface area contributed by atoms with E-state index in [-0.39, 0.29) is 11.4 Å². The van der Waals surface area contributed by atoms with Crippen LogP contribution in [-0.4, -0.2) is 24.1 Å². The van der Waals surface area contributed by atoms with Crippen molar-refractivity contribution >= 4 is 15.8 Å². The summed E-state index contributed by atoms with van der Waals surface area (Å²) >= 11 is 0. The van der Waals surface area contributed by atoms with Crippen LogP contribution in [0.15, 0.2) is 64.4 Å². The molecule has 1 aliphatic carbocycles. The second kappa shape index (κ2) is 8.71. The van der Waals surface area contributed by atoms with Gasteiger partial charge in [0.1, 0.15) is 6.54 Å². The Hall–Kier alpha value is -2.86. The van der Waals surface area contributed by atoms with Crippen molar-refractivity contribution in [2.24, 2.45) is 0 Å². The van der Waals surface area contributed by atoms with Crippen LogP contribution in [0.4, 0.5) is 0 Å².